The van der Waals surface area contributed by atoms with Crippen LogP contribution < -0.4 is 0 Å². The smallest absolute Gasteiger partial charge is 0.235 e. The van der Waals surface area contributed by atoms with Crippen molar-refractivity contribution in [3.63, 3.8) is 0 Å². The average Bonchev–Trinajstić information content (AvgIpc) is 2.93. The fourth-order valence-corrected chi connectivity index (χ4v) is 3.25. The molecule has 0 unspecified atom stereocenters. The van der Waals surface area contributed by atoms with E-state index in [4.69, 9.17) is 0 Å². The van der Waals surface area contributed by atoms with Crippen LogP contribution in [0.15, 0.2) is 24.7 Å². The van der Waals surface area contributed by atoms with Crippen molar-refractivity contribution in [3.8, 4) is 0 Å². The molecule has 0 saturated heterocycles. The predicted octanol–water partition coefficient (Wildman–Crippen LogP) is 2.88. The largest absolute Gasteiger partial charge is 0.248 e. The van der Waals surface area contributed by atoms with Gasteiger partial charge in [-0.2, -0.15) is 5.10 Å². The summed E-state index contributed by atoms with van der Waals surface area (Å²) in [5, 5.41) is 4.17. The third-order valence-corrected chi connectivity index (χ3v) is 4.29. The third-order valence-electron chi connectivity index (χ3n) is 4.29. The maximum atomic E-state index is 12.9. The number of aromatic nitrogens is 3. The van der Waals surface area contributed by atoms with Crippen LogP contribution in [0.4, 0.5) is 8.78 Å². The zero-order valence-electron chi connectivity index (χ0n) is 9.76. The first-order valence-electron chi connectivity index (χ1n) is 6.30. The van der Waals surface area contributed by atoms with Crippen molar-refractivity contribution in [1.82, 2.24) is 14.6 Å². The number of fused-ring (bicyclic) bond motifs is 1. The van der Waals surface area contributed by atoms with Gasteiger partial charge in [-0.05, 0) is 30.2 Å². The maximum absolute atomic E-state index is 12.9. The summed E-state index contributed by atoms with van der Waals surface area (Å²) in [6.45, 7) is 0. The van der Waals surface area contributed by atoms with E-state index in [1.807, 2.05) is 12.3 Å². The quantitative estimate of drug-likeness (QED) is 0.819. The predicted molar refractivity (Wildman–Crippen MR) is 61.5 cm³/mol. The summed E-state index contributed by atoms with van der Waals surface area (Å²) in [5.41, 5.74) is 2.03. The van der Waals surface area contributed by atoms with Gasteiger partial charge in [0, 0.05) is 37.0 Å². The molecule has 94 valence electrons. The zero-order chi connectivity index (χ0) is 12.3. The molecule has 0 aliphatic heterocycles. The number of hydrogen-bond donors (Lipinski definition) is 0. The third kappa shape index (κ3) is 1.46. The lowest BCUT2D eigenvalue weighted by Crippen LogP contribution is -2.36. The van der Waals surface area contributed by atoms with Gasteiger partial charge >= 0.3 is 0 Å². The van der Waals surface area contributed by atoms with Crippen molar-refractivity contribution in [2.24, 2.45) is 11.8 Å². The zero-order valence-corrected chi connectivity index (χ0v) is 9.76. The normalized spacial score (nSPS) is 30.3. The number of halogens is 2. The van der Waals surface area contributed by atoms with Crippen LogP contribution in [0, 0.1) is 11.8 Å². The lowest BCUT2D eigenvalue weighted by atomic mass is 9.77. The number of imidazole rings is 1. The molecule has 2 atom stereocenters. The van der Waals surface area contributed by atoms with Crippen LogP contribution in [0.1, 0.15) is 30.7 Å². The topological polar surface area (TPSA) is 30.2 Å². The summed E-state index contributed by atoms with van der Waals surface area (Å²) in [4.78, 5) is 4.30. The van der Waals surface area contributed by atoms with Crippen molar-refractivity contribution >= 4 is 5.65 Å². The summed E-state index contributed by atoms with van der Waals surface area (Å²) >= 11 is 0. The molecular formula is C13H13F2N3. The molecule has 2 aliphatic rings. The van der Waals surface area contributed by atoms with Gasteiger partial charge in [0.2, 0.25) is 5.92 Å². The van der Waals surface area contributed by atoms with Crippen molar-refractivity contribution < 1.29 is 8.78 Å². The molecule has 2 aromatic rings. The molecule has 2 heterocycles. The van der Waals surface area contributed by atoms with Crippen molar-refractivity contribution in [1.29, 1.82) is 0 Å². The van der Waals surface area contributed by atoms with Crippen molar-refractivity contribution in [2.75, 3.05) is 0 Å². The summed E-state index contributed by atoms with van der Waals surface area (Å²) in [7, 11) is 0. The molecule has 0 bridgehead atoms. The Morgan fingerprint density at radius 3 is 2.89 bits per heavy atom. The molecule has 3 nitrogen and oxygen atoms in total. The Morgan fingerprint density at radius 1 is 1.28 bits per heavy atom. The molecule has 0 N–H and O–H groups in total. The van der Waals surface area contributed by atoms with Crippen LogP contribution in [0.25, 0.3) is 5.65 Å². The van der Waals surface area contributed by atoms with E-state index in [0.29, 0.717) is 11.8 Å². The van der Waals surface area contributed by atoms with Gasteiger partial charge in [0.1, 0.15) is 0 Å². The Bertz CT molecular complexity index is 599. The van der Waals surface area contributed by atoms with Gasteiger partial charge in [-0.15, -0.1) is 0 Å². The highest BCUT2D eigenvalue weighted by Gasteiger charge is 2.55. The Morgan fingerprint density at radius 2 is 2.11 bits per heavy atom. The summed E-state index contributed by atoms with van der Waals surface area (Å²) in [6.07, 6.45) is 6.46. The Labute approximate surface area is 103 Å². The Kier molecular flexibility index (Phi) is 1.89. The molecule has 0 amide bonds. The fourth-order valence-electron chi connectivity index (χ4n) is 3.25. The minimum absolute atomic E-state index is 0.0734. The molecule has 5 heteroatoms. The average molecular weight is 249 g/mol. The van der Waals surface area contributed by atoms with Crippen LogP contribution in [0.5, 0.6) is 0 Å². The first-order chi connectivity index (χ1) is 8.64. The van der Waals surface area contributed by atoms with E-state index in [1.165, 1.54) is 0 Å². The molecule has 2 saturated carbocycles. The molecule has 2 aromatic heterocycles. The van der Waals surface area contributed by atoms with Gasteiger partial charge in [-0.3, -0.25) is 0 Å². The standard InChI is InChI=1S/C13H13F2N3/c14-13(15)6-8(7-13)10-5-11(10)9-1-2-17-18-4-3-16-12(9)18/h1-4,8,10-11H,5-7H2/t10-,11-/m1/s1. The van der Waals surface area contributed by atoms with Crippen LogP contribution in [0.3, 0.4) is 0 Å². The first kappa shape index (κ1) is 10.4. The highest BCUT2D eigenvalue weighted by molar-refractivity contribution is 5.50. The number of hydrogen-bond acceptors (Lipinski definition) is 2. The van der Waals surface area contributed by atoms with Gasteiger partial charge in [-0.1, -0.05) is 0 Å². The van der Waals surface area contributed by atoms with Gasteiger partial charge in [0.25, 0.3) is 0 Å². The van der Waals surface area contributed by atoms with E-state index in [9.17, 15) is 8.78 Å². The van der Waals surface area contributed by atoms with E-state index in [-0.39, 0.29) is 18.8 Å². The van der Waals surface area contributed by atoms with E-state index < -0.39 is 5.92 Å². The molecule has 18 heavy (non-hydrogen) atoms. The van der Waals surface area contributed by atoms with Gasteiger partial charge in [0.05, 0.1) is 0 Å². The number of alkyl halides is 2. The SMILES string of the molecule is FC1(F)CC([C@H]2C[C@@H]2c2ccnn3ccnc23)C1. The minimum Gasteiger partial charge on any atom is -0.235 e. The minimum atomic E-state index is -2.40. The van der Waals surface area contributed by atoms with Crippen LogP contribution in [-0.4, -0.2) is 20.5 Å². The molecule has 2 aliphatic carbocycles. The second-order valence-corrected chi connectivity index (χ2v) is 5.51. The monoisotopic (exact) mass is 249 g/mol. The molecule has 0 spiro atoms. The number of rotatable bonds is 2. The van der Waals surface area contributed by atoms with E-state index >= 15 is 0 Å². The summed E-state index contributed by atoms with van der Waals surface area (Å²) < 4.78 is 27.5. The van der Waals surface area contributed by atoms with E-state index in [1.54, 1.807) is 16.9 Å². The maximum Gasteiger partial charge on any atom is 0.248 e. The van der Waals surface area contributed by atoms with Crippen LogP contribution in [-0.2, 0) is 0 Å². The van der Waals surface area contributed by atoms with Gasteiger partial charge in [0.15, 0.2) is 5.65 Å². The van der Waals surface area contributed by atoms with Gasteiger partial charge in [-0.25, -0.2) is 18.3 Å². The van der Waals surface area contributed by atoms with Gasteiger partial charge < -0.3 is 0 Å². The van der Waals surface area contributed by atoms with Crippen molar-refractivity contribution in [3.05, 3.63) is 30.2 Å². The Balaban J connectivity index is 1.58. The molecular weight excluding hydrogens is 236 g/mol. The van der Waals surface area contributed by atoms with Crippen molar-refractivity contribution in [2.45, 2.75) is 31.1 Å². The molecule has 2 fully saturated rings. The summed E-state index contributed by atoms with van der Waals surface area (Å²) in [5.74, 6) is -1.38. The second kappa shape index (κ2) is 3.28. The van der Waals surface area contributed by atoms with Crippen LogP contribution >= 0.6 is 0 Å². The number of nitrogens with zero attached hydrogens (tertiary/aromatic N) is 3. The highest BCUT2D eigenvalue weighted by Crippen LogP contribution is 2.60. The van der Waals surface area contributed by atoms with E-state index in [0.717, 1.165) is 17.6 Å². The fraction of sp³-hybridized carbons (Fsp3) is 0.538. The lowest BCUT2D eigenvalue weighted by Gasteiger charge is -2.35. The second-order valence-electron chi connectivity index (χ2n) is 5.51. The van der Waals surface area contributed by atoms with E-state index in [2.05, 4.69) is 10.1 Å². The summed E-state index contributed by atoms with van der Waals surface area (Å²) in [6, 6.07) is 1.98. The van der Waals surface area contributed by atoms with Crippen LogP contribution in [0.2, 0.25) is 0 Å². The molecule has 0 radical (unpaired) electrons. The Hall–Kier alpha value is -1.52. The lowest BCUT2D eigenvalue weighted by molar-refractivity contribution is -0.116. The molecule has 4 rings (SSSR count). The molecule has 0 aromatic carbocycles. The first-order valence-corrected chi connectivity index (χ1v) is 6.30. The highest BCUT2D eigenvalue weighted by atomic mass is 19.3.